The van der Waals surface area contributed by atoms with Crippen LogP contribution in [0, 0.1) is 0 Å². The molecular weight excluding hydrogens is 318 g/mol. The lowest BCUT2D eigenvalue weighted by Gasteiger charge is -2.10. The highest BCUT2D eigenvalue weighted by atomic mass is 16.2. The number of fused-ring (bicyclic) bond motifs is 3. The van der Waals surface area contributed by atoms with Crippen LogP contribution in [0.1, 0.15) is 0 Å². The lowest BCUT2D eigenvalue weighted by atomic mass is 10.2. The van der Waals surface area contributed by atoms with E-state index in [-0.39, 0.29) is 5.56 Å². The summed E-state index contributed by atoms with van der Waals surface area (Å²) in [6.07, 6.45) is 1.80. The summed E-state index contributed by atoms with van der Waals surface area (Å²) in [6, 6.07) is 14.9. The predicted octanol–water partition coefficient (Wildman–Crippen LogP) is 1.12. The maximum absolute atomic E-state index is 12.7. The van der Waals surface area contributed by atoms with Crippen molar-refractivity contribution in [2.45, 2.75) is 0 Å². The second-order valence-electron chi connectivity index (χ2n) is 5.72. The molecule has 0 bridgehead atoms. The Morgan fingerprint density at radius 1 is 0.920 bits per heavy atom. The average Bonchev–Trinajstić information content (AvgIpc) is 2.65. The van der Waals surface area contributed by atoms with E-state index in [2.05, 4.69) is 9.98 Å². The summed E-state index contributed by atoms with van der Waals surface area (Å²) in [7, 11) is 3.06. The monoisotopic (exact) mass is 333 g/mol. The number of pyridine rings is 1. The molecule has 0 spiro atoms. The molecule has 25 heavy (non-hydrogen) atoms. The standard InChI is InChI=1S/C18H15N5O2/c1-21-15-14(16(24)22(2)18(21)25)13-10-6-7-11-23(13)17(20-15)19-12-8-4-3-5-9-12/h3-11H,1-2H3. The number of hydrogen-bond donors (Lipinski definition) is 0. The normalized spacial score (nSPS) is 12.2. The van der Waals surface area contributed by atoms with Crippen LogP contribution in [0.25, 0.3) is 16.6 Å². The molecule has 0 unspecified atom stereocenters. The van der Waals surface area contributed by atoms with E-state index in [1.54, 1.807) is 17.6 Å². The molecule has 4 rings (SSSR count). The van der Waals surface area contributed by atoms with Crippen LogP contribution in [0.15, 0.2) is 69.3 Å². The number of nitrogens with zero attached hydrogens (tertiary/aromatic N) is 5. The number of hydrogen-bond acceptors (Lipinski definition) is 4. The summed E-state index contributed by atoms with van der Waals surface area (Å²) >= 11 is 0. The van der Waals surface area contributed by atoms with Gasteiger partial charge in [-0.1, -0.05) is 24.3 Å². The predicted molar refractivity (Wildman–Crippen MR) is 94.8 cm³/mol. The Morgan fingerprint density at radius 3 is 2.40 bits per heavy atom. The highest BCUT2D eigenvalue weighted by molar-refractivity contribution is 5.90. The van der Waals surface area contributed by atoms with Crippen molar-refractivity contribution in [3.8, 4) is 0 Å². The second kappa shape index (κ2) is 5.55. The topological polar surface area (TPSA) is 73.7 Å². The quantitative estimate of drug-likeness (QED) is 0.490. The molecule has 7 heteroatoms. The minimum atomic E-state index is -0.420. The first kappa shape index (κ1) is 15.1. The van der Waals surface area contributed by atoms with Crippen LogP contribution in [-0.2, 0) is 14.1 Å². The van der Waals surface area contributed by atoms with Gasteiger partial charge in [-0.05, 0) is 24.3 Å². The molecule has 0 amide bonds. The van der Waals surface area contributed by atoms with Crippen molar-refractivity contribution >= 4 is 22.2 Å². The first-order chi connectivity index (χ1) is 12.1. The van der Waals surface area contributed by atoms with Gasteiger partial charge in [0.05, 0.1) is 11.2 Å². The summed E-state index contributed by atoms with van der Waals surface area (Å²) in [6.45, 7) is 0. The number of rotatable bonds is 1. The van der Waals surface area contributed by atoms with Crippen molar-refractivity contribution in [3.63, 3.8) is 0 Å². The van der Waals surface area contributed by atoms with Gasteiger partial charge < -0.3 is 0 Å². The zero-order chi connectivity index (χ0) is 17.6. The Kier molecular flexibility index (Phi) is 3.35. The van der Waals surface area contributed by atoms with Crippen LogP contribution in [0.3, 0.4) is 0 Å². The van der Waals surface area contributed by atoms with Gasteiger partial charge in [-0.2, -0.15) is 4.98 Å². The van der Waals surface area contributed by atoms with E-state index in [1.807, 2.05) is 48.5 Å². The fraction of sp³-hybridized carbons (Fsp3) is 0.111. The van der Waals surface area contributed by atoms with E-state index in [1.165, 1.54) is 11.6 Å². The molecule has 3 heterocycles. The second-order valence-corrected chi connectivity index (χ2v) is 5.72. The van der Waals surface area contributed by atoms with Gasteiger partial charge in [-0.25, -0.2) is 9.79 Å². The highest BCUT2D eigenvalue weighted by Gasteiger charge is 2.14. The Balaban J connectivity index is 2.28. The molecular formula is C18H15N5O2. The van der Waals surface area contributed by atoms with Crippen molar-refractivity contribution in [3.05, 3.63) is 81.2 Å². The van der Waals surface area contributed by atoms with Gasteiger partial charge in [0.25, 0.3) is 5.56 Å². The van der Waals surface area contributed by atoms with Gasteiger partial charge in [0, 0.05) is 20.3 Å². The fourth-order valence-electron chi connectivity index (χ4n) is 2.86. The van der Waals surface area contributed by atoms with Crippen LogP contribution in [0.4, 0.5) is 5.69 Å². The van der Waals surface area contributed by atoms with E-state index in [0.717, 1.165) is 10.3 Å². The zero-order valence-electron chi connectivity index (χ0n) is 13.7. The molecule has 3 aromatic heterocycles. The first-order valence-corrected chi connectivity index (χ1v) is 7.75. The SMILES string of the molecule is Cn1c(=O)c2c(nc(=Nc3ccccc3)n3ccccc23)n(C)c1=O. The van der Waals surface area contributed by atoms with Crippen molar-refractivity contribution in [1.82, 2.24) is 18.5 Å². The lowest BCUT2D eigenvalue weighted by molar-refractivity contribution is 0.703. The fourth-order valence-corrected chi connectivity index (χ4v) is 2.86. The van der Waals surface area contributed by atoms with Gasteiger partial charge in [0.15, 0.2) is 5.65 Å². The Hall–Kier alpha value is -3.48. The largest absolute Gasteiger partial charge is 0.332 e. The Labute approximate surface area is 141 Å². The Bertz CT molecular complexity index is 1300. The minimum Gasteiger partial charge on any atom is -0.285 e. The van der Waals surface area contributed by atoms with Gasteiger partial charge in [-0.3, -0.25) is 18.3 Å². The molecule has 0 aliphatic heterocycles. The lowest BCUT2D eigenvalue weighted by Crippen LogP contribution is -2.39. The maximum atomic E-state index is 12.7. The van der Waals surface area contributed by atoms with E-state index >= 15 is 0 Å². The molecule has 0 fully saturated rings. The summed E-state index contributed by atoms with van der Waals surface area (Å²) in [4.78, 5) is 34.0. The molecule has 0 N–H and O–H groups in total. The molecule has 4 aromatic rings. The average molecular weight is 333 g/mol. The zero-order valence-corrected chi connectivity index (χ0v) is 13.7. The van der Waals surface area contributed by atoms with Crippen molar-refractivity contribution in [2.75, 3.05) is 0 Å². The molecule has 1 aromatic carbocycles. The highest BCUT2D eigenvalue weighted by Crippen LogP contribution is 2.12. The molecule has 0 aliphatic rings. The minimum absolute atomic E-state index is 0.314. The summed E-state index contributed by atoms with van der Waals surface area (Å²) in [5, 5.41) is 0.386. The third kappa shape index (κ3) is 2.28. The molecule has 0 saturated carbocycles. The van der Waals surface area contributed by atoms with Gasteiger partial charge in [0.1, 0.15) is 5.39 Å². The molecule has 0 atom stereocenters. The number of para-hydroxylation sites is 1. The van der Waals surface area contributed by atoms with Crippen LogP contribution in [-0.4, -0.2) is 18.5 Å². The molecule has 7 nitrogen and oxygen atoms in total. The van der Waals surface area contributed by atoms with E-state index in [9.17, 15) is 9.59 Å². The van der Waals surface area contributed by atoms with Crippen molar-refractivity contribution < 1.29 is 0 Å². The van der Waals surface area contributed by atoms with Gasteiger partial charge in [0.2, 0.25) is 5.62 Å². The summed E-state index contributed by atoms with van der Waals surface area (Å²) in [5.41, 5.74) is 1.31. The van der Waals surface area contributed by atoms with Crippen molar-refractivity contribution in [1.29, 1.82) is 0 Å². The van der Waals surface area contributed by atoms with Crippen LogP contribution >= 0.6 is 0 Å². The molecule has 0 aliphatic carbocycles. The van der Waals surface area contributed by atoms with E-state index < -0.39 is 5.69 Å². The summed E-state index contributed by atoms with van der Waals surface area (Å²) < 4.78 is 4.21. The van der Waals surface area contributed by atoms with Gasteiger partial charge >= 0.3 is 5.69 Å². The number of aryl methyl sites for hydroxylation is 1. The smallest absolute Gasteiger partial charge is 0.285 e. The molecule has 124 valence electrons. The molecule has 0 radical (unpaired) electrons. The van der Waals surface area contributed by atoms with Crippen molar-refractivity contribution in [2.24, 2.45) is 19.1 Å². The van der Waals surface area contributed by atoms with E-state index in [0.29, 0.717) is 22.2 Å². The third-order valence-corrected chi connectivity index (χ3v) is 4.16. The van der Waals surface area contributed by atoms with Crippen LogP contribution in [0.5, 0.6) is 0 Å². The number of aromatic nitrogens is 4. The first-order valence-electron chi connectivity index (χ1n) is 7.75. The Morgan fingerprint density at radius 2 is 1.64 bits per heavy atom. The van der Waals surface area contributed by atoms with Crippen LogP contribution < -0.4 is 16.9 Å². The maximum Gasteiger partial charge on any atom is 0.332 e. The summed E-state index contributed by atoms with van der Waals surface area (Å²) in [5.74, 6) is 0. The molecule has 0 saturated heterocycles. The van der Waals surface area contributed by atoms with E-state index in [4.69, 9.17) is 0 Å². The van der Waals surface area contributed by atoms with Gasteiger partial charge in [-0.15, -0.1) is 0 Å². The third-order valence-electron chi connectivity index (χ3n) is 4.16. The van der Waals surface area contributed by atoms with Crippen LogP contribution in [0.2, 0.25) is 0 Å². The number of benzene rings is 1.